The Bertz CT molecular complexity index is 699. The topological polar surface area (TPSA) is 64.2 Å². The molecular formula is C18H26N4O2. The van der Waals surface area contributed by atoms with Gasteiger partial charge in [-0.1, -0.05) is 5.16 Å². The Morgan fingerprint density at radius 1 is 1.38 bits per heavy atom. The second-order valence-electron chi connectivity index (χ2n) is 6.88. The lowest BCUT2D eigenvalue weighted by Crippen LogP contribution is -2.47. The lowest BCUT2D eigenvalue weighted by Gasteiger charge is -2.37. The average Bonchev–Trinajstić information content (AvgIpc) is 3.12. The Balaban J connectivity index is 1.78. The average molecular weight is 330 g/mol. The Hall–Kier alpha value is -2.11. The van der Waals surface area contributed by atoms with E-state index in [1.807, 2.05) is 49.7 Å². The highest BCUT2D eigenvalue weighted by atomic mass is 16.5. The van der Waals surface area contributed by atoms with Gasteiger partial charge in [-0.3, -0.25) is 9.48 Å². The highest BCUT2D eigenvalue weighted by molar-refractivity contribution is 5.84. The van der Waals surface area contributed by atoms with Gasteiger partial charge in [0.2, 0.25) is 5.91 Å². The minimum Gasteiger partial charge on any atom is -0.361 e. The molecule has 1 aliphatic rings. The first kappa shape index (κ1) is 16.7. The zero-order valence-electron chi connectivity index (χ0n) is 15.0. The number of nitrogens with zero attached hydrogens (tertiary/aromatic N) is 4. The SMILES string of the molecule is Cc1cnn(C[C@@H]2CCCCN2C(=O)[C@@H](C)c2c(C)noc2C)c1. The van der Waals surface area contributed by atoms with Crippen molar-refractivity contribution in [3.05, 3.63) is 35.0 Å². The largest absolute Gasteiger partial charge is 0.361 e. The van der Waals surface area contributed by atoms with E-state index in [4.69, 9.17) is 4.52 Å². The monoisotopic (exact) mass is 330 g/mol. The maximum absolute atomic E-state index is 13.1. The molecule has 2 aromatic rings. The van der Waals surface area contributed by atoms with E-state index < -0.39 is 0 Å². The van der Waals surface area contributed by atoms with Crippen molar-refractivity contribution in [2.75, 3.05) is 6.54 Å². The van der Waals surface area contributed by atoms with Crippen LogP contribution in [0.4, 0.5) is 0 Å². The second kappa shape index (κ2) is 6.79. The number of aryl methyl sites for hydroxylation is 3. The fourth-order valence-electron chi connectivity index (χ4n) is 3.74. The smallest absolute Gasteiger partial charge is 0.230 e. The summed E-state index contributed by atoms with van der Waals surface area (Å²) in [4.78, 5) is 15.2. The summed E-state index contributed by atoms with van der Waals surface area (Å²) in [5.74, 6) is 0.679. The van der Waals surface area contributed by atoms with Gasteiger partial charge in [0.1, 0.15) is 5.76 Å². The first-order valence-corrected chi connectivity index (χ1v) is 8.69. The summed E-state index contributed by atoms with van der Waals surface area (Å²) >= 11 is 0. The third-order valence-electron chi connectivity index (χ3n) is 4.96. The van der Waals surface area contributed by atoms with Crippen molar-refractivity contribution in [2.24, 2.45) is 0 Å². The summed E-state index contributed by atoms with van der Waals surface area (Å²) in [5.41, 5.74) is 2.89. The van der Waals surface area contributed by atoms with Gasteiger partial charge < -0.3 is 9.42 Å². The van der Waals surface area contributed by atoms with Crippen LogP contribution in [0.1, 0.15) is 54.7 Å². The van der Waals surface area contributed by atoms with Gasteiger partial charge in [-0.05, 0) is 52.5 Å². The number of amides is 1. The highest BCUT2D eigenvalue weighted by Crippen LogP contribution is 2.28. The van der Waals surface area contributed by atoms with Crippen LogP contribution in [0.5, 0.6) is 0 Å². The van der Waals surface area contributed by atoms with Crippen molar-refractivity contribution in [1.29, 1.82) is 0 Å². The fraction of sp³-hybridized carbons (Fsp3) is 0.611. The fourth-order valence-corrected chi connectivity index (χ4v) is 3.74. The van der Waals surface area contributed by atoms with Gasteiger partial charge in [0.25, 0.3) is 0 Å². The van der Waals surface area contributed by atoms with Gasteiger partial charge in [-0.2, -0.15) is 5.10 Å². The molecule has 0 aromatic carbocycles. The summed E-state index contributed by atoms with van der Waals surface area (Å²) in [6, 6.07) is 0.202. The summed E-state index contributed by atoms with van der Waals surface area (Å²) < 4.78 is 7.19. The predicted octanol–water partition coefficient (Wildman–Crippen LogP) is 2.98. The number of hydrogen-bond acceptors (Lipinski definition) is 4. The third kappa shape index (κ3) is 3.23. The molecule has 3 heterocycles. The van der Waals surface area contributed by atoms with Crippen molar-refractivity contribution in [2.45, 2.75) is 65.5 Å². The van der Waals surface area contributed by atoms with Crippen LogP contribution in [0.25, 0.3) is 0 Å². The Morgan fingerprint density at radius 3 is 2.79 bits per heavy atom. The van der Waals surface area contributed by atoms with Crippen LogP contribution in [0.2, 0.25) is 0 Å². The molecule has 1 aliphatic heterocycles. The molecule has 0 aliphatic carbocycles. The van der Waals surface area contributed by atoms with Gasteiger partial charge >= 0.3 is 0 Å². The molecule has 2 aromatic heterocycles. The number of carbonyl (C=O) groups excluding carboxylic acids is 1. The van der Waals surface area contributed by atoms with E-state index >= 15 is 0 Å². The second-order valence-corrected chi connectivity index (χ2v) is 6.88. The van der Waals surface area contributed by atoms with Crippen molar-refractivity contribution in [1.82, 2.24) is 19.8 Å². The van der Waals surface area contributed by atoms with E-state index in [0.717, 1.165) is 54.9 Å². The first-order valence-electron chi connectivity index (χ1n) is 8.69. The van der Waals surface area contributed by atoms with Gasteiger partial charge in [-0.25, -0.2) is 0 Å². The molecule has 0 bridgehead atoms. The molecule has 0 N–H and O–H groups in total. The van der Waals surface area contributed by atoms with Crippen LogP contribution in [-0.4, -0.2) is 38.3 Å². The lowest BCUT2D eigenvalue weighted by molar-refractivity contribution is -0.136. The van der Waals surface area contributed by atoms with Gasteiger partial charge in [0.05, 0.1) is 30.4 Å². The van der Waals surface area contributed by atoms with E-state index in [0.29, 0.717) is 0 Å². The lowest BCUT2D eigenvalue weighted by atomic mass is 9.94. The molecule has 1 fully saturated rings. The first-order chi connectivity index (χ1) is 11.5. The summed E-state index contributed by atoms with van der Waals surface area (Å²) in [5, 5.41) is 8.37. The molecule has 6 nitrogen and oxygen atoms in total. The Labute approximate surface area is 142 Å². The van der Waals surface area contributed by atoms with Crippen LogP contribution >= 0.6 is 0 Å². The van der Waals surface area contributed by atoms with E-state index in [1.165, 1.54) is 0 Å². The number of likely N-dealkylation sites (tertiary alicyclic amines) is 1. The summed E-state index contributed by atoms with van der Waals surface area (Å²) in [6.45, 7) is 9.34. The maximum atomic E-state index is 13.1. The standard InChI is InChI=1S/C18H26N4O2/c1-12-9-19-21(10-12)11-16-7-5-6-8-22(16)18(23)13(2)17-14(3)20-24-15(17)4/h9-10,13,16H,5-8,11H2,1-4H3/t13-,16-/m0/s1. The number of piperidine rings is 1. The quantitative estimate of drug-likeness (QED) is 0.864. The molecule has 6 heteroatoms. The molecule has 24 heavy (non-hydrogen) atoms. The number of rotatable bonds is 4. The molecule has 1 amide bonds. The number of hydrogen-bond donors (Lipinski definition) is 0. The zero-order valence-corrected chi connectivity index (χ0v) is 15.0. The normalized spacial score (nSPS) is 19.5. The third-order valence-corrected chi connectivity index (χ3v) is 4.96. The molecule has 130 valence electrons. The molecule has 1 saturated heterocycles. The predicted molar refractivity (Wildman–Crippen MR) is 90.7 cm³/mol. The van der Waals surface area contributed by atoms with Crippen molar-refractivity contribution < 1.29 is 9.32 Å². The van der Waals surface area contributed by atoms with Crippen LogP contribution in [0.3, 0.4) is 0 Å². The Kier molecular flexibility index (Phi) is 4.73. The summed E-state index contributed by atoms with van der Waals surface area (Å²) in [6.07, 6.45) is 7.15. The molecule has 0 radical (unpaired) electrons. The van der Waals surface area contributed by atoms with Crippen molar-refractivity contribution >= 4 is 5.91 Å². The van der Waals surface area contributed by atoms with Gasteiger partial charge in [-0.15, -0.1) is 0 Å². The van der Waals surface area contributed by atoms with Crippen LogP contribution in [0.15, 0.2) is 16.9 Å². The Morgan fingerprint density at radius 2 is 2.17 bits per heavy atom. The molecule has 0 unspecified atom stereocenters. The molecule has 3 rings (SSSR count). The molecule has 0 saturated carbocycles. The number of aromatic nitrogens is 3. The zero-order chi connectivity index (χ0) is 17.3. The molecule has 2 atom stereocenters. The van der Waals surface area contributed by atoms with Crippen LogP contribution in [0, 0.1) is 20.8 Å². The maximum Gasteiger partial charge on any atom is 0.230 e. The van der Waals surface area contributed by atoms with Gasteiger partial charge in [0.15, 0.2) is 0 Å². The van der Waals surface area contributed by atoms with Crippen LogP contribution < -0.4 is 0 Å². The van der Waals surface area contributed by atoms with Crippen LogP contribution in [-0.2, 0) is 11.3 Å². The van der Waals surface area contributed by atoms with E-state index in [1.54, 1.807) is 0 Å². The van der Waals surface area contributed by atoms with E-state index in [-0.39, 0.29) is 17.9 Å². The van der Waals surface area contributed by atoms with E-state index in [2.05, 4.69) is 10.3 Å². The molecular weight excluding hydrogens is 304 g/mol. The van der Waals surface area contributed by atoms with Crippen molar-refractivity contribution in [3.63, 3.8) is 0 Å². The highest BCUT2D eigenvalue weighted by Gasteiger charge is 2.32. The minimum atomic E-state index is -0.226. The van der Waals surface area contributed by atoms with E-state index in [9.17, 15) is 4.79 Å². The van der Waals surface area contributed by atoms with Crippen molar-refractivity contribution in [3.8, 4) is 0 Å². The minimum absolute atomic E-state index is 0.165. The van der Waals surface area contributed by atoms with Gasteiger partial charge in [0, 0.05) is 18.3 Å². The molecule has 0 spiro atoms. The summed E-state index contributed by atoms with van der Waals surface area (Å²) in [7, 11) is 0. The number of carbonyl (C=O) groups is 1.